The van der Waals surface area contributed by atoms with Gasteiger partial charge in [-0.15, -0.1) is 11.8 Å². The number of nitrogens with zero attached hydrogens (tertiary/aromatic N) is 2. The largest absolute Gasteiger partial charge is 0.477 e. The van der Waals surface area contributed by atoms with E-state index in [1.165, 1.54) is 28.8 Å². The van der Waals surface area contributed by atoms with Crippen molar-refractivity contribution in [1.29, 1.82) is 5.26 Å². The number of thioether (sulfide) groups is 1. The van der Waals surface area contributed by atoms with Crippen LogP contribution in [0.15, 0.2) is 70.8 Å². The quantitative estimate of drug-likeness (QED) is 0.423. The Hall–Kier alpha value is -3.43. The molecule has 0 radical (unpaired) electrons. The normalized spacial score (nSPS) is 19.6. The smallest absolute Gasteiger partial charge is 0.352 e. The molecule has 2 heterocycles. The number of benzene rings is 2. The zero-order valence-electron chi connectivity index (χ0n) is 18.0. The Labute approximate surface area is 200 Å². The highest BCUT2D eigenvalue weighted by molar-refractivity contribution is 8.00. The number of allylic oxidation sites excluding steroid dienone is 1. The van der Waals surface area contributed by atoms with Gasteiger partial charge < -0.3 is 10.8 Å². The van der Waals surface area contributed by atoms with Crippen molar-refractivity contribution >= 4 is 39.8 Å². The molecule has 34 heavy (non-hydrogen) atoms. The Morgan fingerprint density at radius 3 is 2.32 bits per heavy atom. The van der Waals surface area contributed by atoms with Crippen LogP contribution in [0, 0.1) is 18.3 Å². The van der Waals surface area contributed by atoms with Gasteiger partial charge in [-0.2, -0.15) is 13.7 Å². The van der Waals surface area contributed by atoms with Crippen LogP contribution in [0.25, 0.3) is 6.08 Å². The summed E-state index contributed by atoms with van der Waals surface area (Å²) in [5.74, 6) is -1.00. The van der Waals surface area contributed by atoms with E-state index in [0.717, 1.165) is 11.1 Å². The Kier molecular flexibility index (Phi) is 7.58. The molecule has 2 aliphatic heterocycles. The number of aliphatic carboxylic acids is 1. The van der Waals surface area contributed by atoms with E-state index in [1.807, 2.05) is 13.0 Å². The molecule has 4 N–H and O–H groups in total. The minimum atomic E-state index is -4.02. The summed E-state index contributed by atoms with van der Waals surface area (Å²) in [4.78, 5) is 24.6. The molecule has 9 nitrogen and oxygen atoms in total. The highest BCUT2D eigenvalue weighted by atomic mass is 32.2. The molecule has 0 aliphatic carbocycles. The second-order valence-electron chi connectivity index (χ2n) is 7.47. The van der Waals surface area contributed by atoms with Gasteiger partial charge in [-0.3, -0.25) is 14.2 Å². The lowest BCUT2D eigenvalue weighted by molar-refractivity contribution is -0.147. The molecule has 2 atom stereocenters. The van der Waals surface area contributed by atoms with Crippen molar-refractivity contribution in [3.05, 3.63) is 82.6 Å². The van der Waals surface area contributed by atoms with E-state index >= 15 is 0 Å². The zero-order chi connectivity index (χ0) is 25.0. The molecule has 1 amide bonds. The monoisotopic (exact) mass is 499 g/mol. The minimum absolute atomic E-state index is 0.00495. The molecule has 0 saturated carbocycles. The number of hydrogen-bond acceptors (Lipinski definition) is 7. The van der Waals surface area contributed by atoms with Gasteiger partial charge in [0.05, 0.1) is 16.5 Å². The molecule has 176 valence electrons. The summed E-state index contributed by atoms with van der Waals surface area (Å²) in [6.45, 7) is 1.84. The van der Waals surface area contributed by atoms with E-state index in [2.05, 4.69) is 0 Å². The summed E-state index contributed by atoms with van der Waals surface area (Å²) < 4.78 is 29.6. The number of β-lactam (4-membered cyclic amide) rings is 1. The third kappa shape index (κ3) is 5.55. The molecule has 2 aromatic rings. The summed E-state index contributed by atoms with van der Waals surface area (Å²) in [5, 5.41) is 17.9. The number of aryl methyl sites for hydroxylation is 1. The van der Waals surface area contributed by atoms with Gasteiger partial charge in [-0.25, -0.2) is 4.79 Å². The lowest BCUT2D eigenvalue weighted by Crippen LogP contribution is -2.68. The maximum atomic E-state index is 11.8. The number of fused-ring (bicyclic) bond motifs is 1. The van der Waals surface area contributed by atoms with E-state index in [-0.39, 0.29) is 21.9 Å². The van der Waals surface area contributed by atoms with Crippen molar-refractivity contribution < 1.29 is 27.7 Å². The van der Waals surface area contributed by atoms with E-state index < -0.39 is 22.1 Å². The number of carboxylic acids is 1. The SMILES string of the molecule is Cc1ccc(S(=O)(=O)O)cc1.N#Cc1ccc(C=CC2=C(C(=O)O)N3C(=O)C(N)[C@H]3SC2)cc1. The minimum Gasteiger partial charge on any atom is -0.477 e. The third-order valence-corrected chi connectivity index (χ3v) is 7.27. The zero-order valence-corrected chi connectivity index (χ0v) is 19.6. The van der Waals surface area contributed by atoms with Crippen LogP contribution in [0.2, 0.25) is 0 Å². The van der Waals surface area contributed by atoms with Gasteiger partial charge in [0.2, 0.25) is 5.91 Å². The molecule has 11 heteroatoms. The lowest BCUT2D eigenvalue weighted by atomic mass is 10.0. The molecule has 4 rings (SSSR count). The summed E-state index contributed by atoms with van der Waals surface area (Å²) >= 11 is 1.46. The van der Waals surface area contributed by atoms with Gasteiger partial charge in [0, 0.05) is 5.75 Å². The van der Waals surface area contributed by atoms with Crippen molar-refractivity contribution in [2.24, 2.45) is 5.73 Å². The van der Waals surface area contributed by atoms with Gasteiger partial charge in [-0.1, -0.05) is 42.0 Å². The number of rotatable bonds is 4. The van der Waals surface area contributed by atoms with Crippen LogP contribution in [0.3, 0.4) is 0 Å². The van der Waals surface area contributed by atoms with Gasteiger partial charge in [0.1, 0.15) is 17.1 Å². The molecule has 1 unspecified atom stereocenters. The highest BCUT2D eigenvalue weighted by Crippen LogP contribution is 2.39. The fourth-order valence-electron chi connectivity index (χ4n) is 3.24. The van der Waals surface area contributed by atoms with Crippen LogP contribution in [0.1, 0.15) is 16.7 Å². The average Bonchev–Trinajstić information content (AvgIpc) is 2.81. The van der Waals surface area contributed by atoms with Gasteiger partial charge in [0.25, 0.3) is 10.1 Å². The standard InChI is InChI=1S/C16H13N3O3S.C7H8O3S/c17-7-10-3-1-9(2-4-10)5-6-11-8-23-15-12(18)14(20)19(15)13(11)16(21)22;1-6-2-4-7(5-3-6)11(8,9)10/h1-6,12,15H,8,18H2,(H,21,22);2-5H,1H3,(H,8,9,10)/t12?,15-;/m1./s1. The molecule has 0 spiro atoms. The predicted octanol–water partition coefficient (Wildman–Crippen LogP) is 2.39. The summed E-state index contributed by atoms with van der Waals surface area (Å²) in [6.07, 6.45) is 3.47. The van der Waals surface area contributed by atoms with Crippen LogP contribution in [0.4, 0.5) is 0 Å². The number of nitriles is 1. The Balaban J connectivity index is 0.000000248. The lowest BCUT2D eigenvalue weighted by Gasteiger charge is -2.47. The fourth-order valence-corrected chi connectivity index (χ4v) is 4.99. The second-order valence-corrected chi connectivity index (χ2v) is 10.00. The van der Waals surface area contributed by atoms with Crippen LogP contribution in [-0.4, -0.2) is 52.0 Å². The van der Waals surface area contributed by atoms with Crippen molar-refractivity contribution in [2.45, 2.75) is 23.2 Å². The molecule has 2 aliphatic rings. The fraction of sp³-hybridized carbons (Fsp3) is 0.174. The molecule has 1 fully saturated rings. The first-order valence-electron chi connectivity index (χ1n) is 9.92. The van der Waals surface area contributed by atoms with Crippen LogP contribution < -0.4 is 5.73 Å². The third-order valence-electron chi connectivity index (χ3n) is 5.08. The van der Waals surface area contributed by atoms with Crippen molar-refractivity contribution in [3.63, 3.8) is 0 Å². The van der Waals surface area contributed by atoms with Crippen LogP contribution in [0.5, 0.6) is 0 Å². The Morgan fingerprint density at radius 1 is 1.18 bits per heavy atom. The van der Waals surface area contributed by atoms with Crippen LogP contribution in [-0.2, 0) is 19.7 Å². The Morgan fingerprint density at radius 2 is 1.79 bits per heavy atom. The number of carboxylic acid groups (broad SMARTS) is 1. The summed E-state index contributed by atoms with van der Waals surface area (Å²) in [5.41, 5.74) is 8.64. The van der Waals surface area contributed by atoms with Crippen molar-refractivity contribution in [3.8, 4) is 6.07 Å². The first-order chi connectivity index (χ1) is 16.0. The van der Waals surface area contributed by atoms with E-state index in [1.54, 1.807) is 48.6 Å². The van der Waals surface area contributed by atoms with Gasteiger partial charge in [0.15, 0.2) is 0 Å². The first-order valence-corrected chi connectivity index (χ1v) is 12.4. The highest BCUT2D eigenvalue weighted by Gasteiger charge is 2.51. The maximum absolute atomic E-state index is 11.8. The predicted molar refractivity (Wildman–Crippen MR) is 127 cm³/mol. The molecule has 0 aromatic heterocycles. The van der Waals surface area contributed by atoms with Gasteiger partial charge in [-0.05, 0) is 42.3 Å². The summed E-state index contributed by atoms with van der Waals surface area (Å²) in [6, 6.07) is 14.3. The topological polar surface area (TPSA) is 162 Å². The molecule has 1 saturated heterocycles. The number of carbonyl (C=O) groups excluding carboxylic acids is 1. The van der Waals surface area contributed by atoms with E-state index in [0.29, 0.717) is 16.9 Å². The molecular formula is C23H21N3O6S2. The van der Waals surface area contributed by atoms with Crippen molar-refractivity contribution in [2.75, 3.05) is 5.75 Å². The van der Waals surface area contributed by atoms with Gasteiger partial charge >= 0.3 is 5.97 Å². The molecular weight excluding hydrogens is 478 g/mol. The number of nitrogens with two attached hydrogens (primary N) is 1. The number of carbonyl (C=O) groups is 2. The number of amides is 1. The van der Waals surface area contributed by atoms with Crippen molar-refractivity contribution in [1.82, 2.24) is 4.90 Å². The molecule has 2 aromatic carbocycles. The maximum Gasteiger partial charge on any atom is 0.352 e. The first kappa shape index (κ1) is 25.2. The summed E-state index contributed by atoms with van der Waals surface area (Å²) in [7, 11) is -4.02. The van der Waals surface area contributed by atoms with E-state index in [9.17, 15) is 23.1 Å². The van der Waals surface area contributed by atoms with E-state index in [4.69, 9.17) is 15.5 Å². The molecule has 0 bridgehead atoms. The second kappa shape index (κ2) is 10.2. The number of hydrogen-bond donors (Lipinski definition) is 3. The Bertz CT molecular complexity index is 1310. The average molecular weight is 500 g/mol. The van der Waals surface area contributed by atoms with Crippen LogP contribution >= 0.6 is 11.8 Å².